The van der Waals surface area contributed by atoms with Crippen molar-refractivity contribution in [1.82, 2.24) is 10.3 Å². The number of benzene rings is 1. The van der Waals surface area contributed by atoms with Gasteiger partial charge in [0.2, 0.25) is 5.91 Å². The fraction of sp³-hybridized carbons (Fsp3) is 0.214. The summed E-state index contributed by atoms with van der Waals surface area (Å²) in [5, 5.41) is 3.27. The molecule has 0 aliphatic heterocycles. The number of carbonyl (C=O) groups is 2. The minimum atomic E-state index is -1.15. The van der Waals surface area contributed by atoms with E-state index in [1.807, 2.05) is 6.07 Å². The fourth-order valence-corrected chi connectivity index (χ4v) is 1.85. The van der Waals surface area contributed by atoms with E-state index in [1.54, 1.807) is 32.0 Å². The summed E-state index contributed by atoms with van der Waals surface area (Å²) in [6, 6.07) is 8.68. The molecule has 21 heavy (non-hydrogen) atoms. The molecule has 0 spiro atoms. The number of primary amides is 1. The van der Waals surface area contributed by atoms with E-state index in [1.165, 1.54) is 6.07 Å². The second kappa shape index (κ2) is 5.37. The van der Waals surface area contributed by atoms with Gasteiger partial charge < -0.3 is 16.5 Å². The number of nitrogens with two attached hydrogens (primary N) is 2. The normalized spacial score (nSPS) is 11.2. The molecule has 0 radical (unpaired) electrons. The lowest BCUT2D eigenvalue weighted by Crippen LogP contribution is -2.53. The summed E-state index contributed by atoms with van der Waals surface area (Å²) >= 11 is 0. The van der Waals surface area contributed by atoms with Crippen molar-refractivity contribution in [2.45, 2.75) is 19.4 Å². The van der Waals surface area contributed by atoms with Crippen molar-refractivity contribution >= 4 is 28.5 Å². The molecule has 0 unspecified atom stereocenters. The first-order valence-electron chi connectivity index (χ1n) is 6.34. The van der Waals surface area contributed by atoms with Crippen LogP contribution in [0, 0.1) is 0 Å². The van der Waals surface area contributed by atoms with E-state index in [0.717, 1.165) is 0 Å². The van der Waals surface area contributed by atoms with E-state index in [-0.39, 0.29) is 0 Å². The summed E-state index contributed by atoms with van der Waals surface area (Å²) < 4.78 is 0. The monoisotopic (exact) mass is 287 g/mol. The number of hydrogen-bond acceptors (Lipinski definition) is 5. The van der Waals surface area contributed by atoms with Crippen molar-refractivity contribution in [3.63, 3.8) is 0 Å². The van der Waals surface area contributed by atoms with E-state index >= 15 is 0 Å². The van der Waals surface area contributed by atoms with Crippen LogP contribution < -0.4 is 22.3 Å². The molecule has 2 rings (SSSR count). The lowest BCUT2D eigenvalue weighted by Gasteiger charge is -2.22. The lowest BCUT2D eigenvalue weighted by molar-refractivity contribution is -0.122. The molecular weight excluding hydrogens is 270 g/mol. The zero-order chi connectivity index (χ0) is 15.6. The highest BCUT2D eigenvalue weighted by Crippen LogP contribution is 2.21. The number of rotatable bonds is 4. The van der Waals surface area contributed by atoms with Gasteiger partial charge in [0.25, 0.3) is 5.91 Å². The topological polar surface area (TPSA) is 123 Å². The number of hydrazine groups is 1. The summed E-state index contributed by atoms with van der Waals surface area (Å²) in [6.45, 7) is 3.08. The van der Waals surface area contributed by atoms with Gasteiger partial charge in [0.15, 0.2) is 0 Å². The van der Waals surface area contributed by atoms with E-state index in [9.17, 15) is 9.59 Å². The van der Waals surface area contributed by atoms with E-state index in [2.05, 4.69) is 15.7 Å². The number of carbonyl (C=O) groups excluding carboxylic acids is 2. The van der Waals surface area contributed by atoms with Crippen LogP contribution in [0.4, 0.5) is 5.82 Å². The van der Waals surface area contributed by atoms with Gasteiger partial charge in [-0.1, -0.05) is 18.2 Å². The number of aromatic nitrogens is 1. The van der Waals surface area contributed by atoms with Gasteiger partial charge in [-0.25, -0.2) is 10.8 Å². The summed E-state index contributed by atoms with van der Waals surface area (Å²) in [5.41, 5.74) is 7.51. The Kier molecular flexibility index (Phi) is 3.77. The number of amides is 2. The number of hydrogen-bond donors (Lipinski definition) is 4. The first kappa shape index (κ1) is 14.7. The molecule has 7 heteroatoms. The first-order chi connectivity index (χ1) is 9.85. The third-order valence-electron chi connectivity index (χ3n) is 3.15. The zero-order valence-electron chi connectivity index (χ0n) is 11.8. The first-order valence-corrected chi connectivity index (χ1v) is 6.34. The van der Waals surface area contributed by atoms with Crippen LogP contribution in [0.5, 0.6) is 0 Å². The summed E-state index contributed by atoms with van der Waals surface area (Å²) in [4.78, 5) is 28.0. The van der Waals surface area contributed by atoms with Gasteiger partial charge in [0.1, 0.15) is 11.4 Å². The second-order valence-corrected chi connectivity index (χ2v) is 5.16. The maximum atomic E-state index is 12.4. The average Bonchev–Trinajstić information content (AvgIpc) is 2.45. The van der Waals surface area contributed by atoms with Crippen molar-refractivity contribution in [2.24, 2.45) is 11.6 Å². The maximum Gasteiger partial charge on any atom is 0.252 e. The smallest absolute Gasteiger partial charge is 0.252 e. The Morgan fingerprint density at radius 3 is 2.52 bits per heavy atom. The maximum absolute atomic E-state index is 12.4. The van der Waals surface area contributed by atoms with Gasteiger partial charge in [-0.05, 0) is 26.0 Å². The largest absolute Gasteiger partial charge is 0.368 e. The molecule has 0 aliphatic rings. The quantitative estimate of drug-likeness (QED) is 0.482. The Morgan fingerprint density at radius 1 is 1.24 bits per heavy atom. The molecule has 1 heterocycles. The van der Waals surface area contributed by atoms with Crippen LogP contribution >= 0.6 is 0 Å². The molecule has 0 fully saturated rings. The molecule has 0 bridgehead atoms. The summed E-state index contributed by atoms with van der Waals surface area (Å²) in [7, 11) is 0. The third-order valence-corrected chi connectivity index (χ3v) is 3.15. The average molecular weight is 287 g/mol. The van der Waals surface area contributed by atoms with Crippen LogP contribution in [0.2, 0.25) is 0 Å². The van der Waals surface area contributed by atoms with Gasteiger partial charge in [-0.3, -0.25) is 9.59 Å². The molecule has 0 saturated carbocycles. The van der Waals surface area contributed by atoms with Crippen LogP contribution in [-0.2, 0) is 4.79 Å². The highest BCUT2D eigenvalue weighted by molar-refractivity contribution is 6.08. The Hall–Kier alpha value is -2.67. The standard InChI is InChI=1S/C14H17N5O2/c1-14(2,13(15)21)18-12(20)9-7-11(19-16)17-10-6-4-3-5-8(9)10/h3-7H,16H2,1-2H3,(H2,15,21)(H,17,19)(H,18,20). The number of nitrogens with one attached hydrogen (secondary N) is 2. The van der Waals surface area contributed by atoms with E-state index in [4.69, 9.17) is 11.6 Å². The molecule has 2 amide bonds. The molecule has 0 saturated heterocycles. The Balaban J connectivity index is 2.50. The fourth-order valence-electron chi connectivity index (χ4n) is 1.85. The molecule has 0 aliphatic carbocycles. The SMILES string of the molecule is CC(C)(NC(=O)c1cc(NN)nc2ccccc12)C(N)=O. The van der Waals surface area contributed by atoms with Crippen molar-refractivity contribution in [3.05, 3.63) is 35.9 Å². The number of fused-ring (bicyclic) bond motifs is 1. The zero-order valence-corrected chi connectivity index (χ0v) is 11.8. The number of para-hydroxylation sites is 1. The van der Waals surface area contributed by atoms with Gasteiger partial charge in [0.05, 0.1) is 11.1 Å². The third kappa shape index (κ3) is 2.92. The highest BCUT2D eigenvalue weighted by atomic mass is 16.2. The van der Waals surface area contributed by atoms with Crippen LogP contribution in [-0.4, -0.2) is 22.3 Å². The minimum absolute atomic E-state index is 0.357. The van der Waals surface area contributed by atoms with E-state index in [0.29, 0.717) is 22.3 Å². The van der Waals surface area contributed by atoms with Crippen molar-refractivity contribution in [1.29, 1.82) is 0 Å². The van der Waals surface area contributed by atoms with Crippen LogP contribution in [0.1, 0.15) is 24.2 Å². The molecule has 110 valence electrons. The Morgan fingerprint density at radius 2 is 1.90 bits per heavy atom. The van der Waals surface area contributed by atoms with Crippen molar-refractivity contribution in [2.75, 3.05) is 5.43 Å². The Bertz CT molecular complexity index is 712. The van der Waals surface area contributed by atoms with Gasteiger partial charge in [-0.2, -0.15) is 0 Å². The van der Waals surface area contributed by atoms with Crippen LogP contribution in [0.25, 0.3) is 10.9 Å². The Labute approximate surface area is 121 Å². The molecule has 6 N–H and O–H groups in total. The minimum Gasteiger partial charge on any atom is -0.368 e. The predicted octanol–water partition coefficient (Wildman–Crippen LogP) is 0.514. The molecule has 1 aromatic carbocycles. The molecule has 0 atom stereocenters. The molecular formula is C14H17N5O2. The molecule has 7 nitrogen and oxygen atoms in total. The van der Waals surface area contributed by atoms with Crippen LogP contribution in [0.15, 0.2) is 30.3 Å². The lowest BCUT2D eigenvalue weighted by atomic mass is 10.0. The number of nitrogens with zero attached hydrogens (tertiary/aromatic N) is 1. The van der Waals surface area contributed by atoms with Crippen molar-refractivity contribution < 1.29 is 9.59 Å². The highest BCUT2D eigenvalue weighted by Gasteiger charge is 2.28. The van der Waals surface area contributed by atoms with Gasteiger partial charge in [0, 0.05) is 5.39 Å². The van der Waals surface area contributed by atoms with Crippen molar-refractivity contribution in [3.8, 4) is 0 Å². The van der Waals surface area contributed by atoms with Gasteiger partial charge in [-0.15, -0.1) is 0 Å². The van der Waals surface area contributed by atoms with Gasteiger partial charge >= 0.3 is 0 Å². The molecule has 2 aromatic rings. The van der Waals surface area contributed by atoms with E-state index < -0.39 is 17.4 Å². The summed E-state index contributed by atoms with van der Waals surface area (Å²) in [6.07, 6.45) is 0. The molecule has 1 aromatic heterocycles. The summed E-state index contributed by atoms with van der Waals surface area (Å²) in [5.74, 6) is 4.68. The second-order valence-electron chi connectivity index (χ2n) is 5.16. The number of anilines is 1. The number of nitrogen functional groups attached to an aromatic ring is 1. The van der Waals surface area contributed by atoms with Crippen LogP contribution in [0.3, 0.4) is 0 Å². The predicted molar refractivity (Wildman–Crippen MR) is 80.3 cm³/mol. The number of pyridine rings is 1.